The summed E-state index contributed by atoms with van der Waals surface area (Å²) in [7, 11) is 3.13. The molecule has 40 heavy (non-hydrogen) atoms. The summed E-state index contributed by atoms with van der Waals surface area (Å²) in [5, 5.41) is 0.467. The quantitative estimate of drug-likeness (QED) is 0.242. The number of halogens is 3. The number of hydrogen-bond acceptors (Lipinski definition) is 7. The van der Waals surface area contributed by atoms with E-state index in [1.54, 1.807) is 25.2 Å². The van der Waals surface area contributed by atoms with Crippen LogP contribution in [-0.2, 0) is 11.3 Å². The first-order valence-electron chi connectivity index (χ1n) is 12.7. The molecule has 0 saturated carbocycles. The topological polar surface area (TPSA) is 82.9 Å². The molecule has 1 atom stereocenters. The molecule has 0 radical (unpaired) electrons. The smallest absolute Gasteiger partial charge is 0.422 e. The van der Waals surface area contributed by atoms with Gasteiger partial charge in [0.2, 0.25) is 5.91 Å². The van der Waals surface area contributed by atoms with Crippen molar-refractivity contribution in [2.45, 2.75) is 43.6 Å². The number of nitrogens with zero attached hydrogens (tertiary/aromatic N) is 3. The maximum atomic E-state index is 13.3. The zero-order chi connectivity index (χ0) is 28.9. The molecule has 214 valence electrons. The minimum absolute atomic E-state index is 0.0125. The second-order valence-corrected chi connectivity index (χ2v) is 10.4. The molecule has 1 aliphatic rings. The zero-order valence-electron chi connectivity index (χ0n) is 22.4. The summed E-state index contributed by atoms with van der Waals surface area (Å²) in [4.78, 5) is 32.7. The monoisotopic (exact) mass is 577 g/mol. The average molecular weight is 578 g/mol. The molecule has 1 aliphatic heterocycles. The maximum Gasteiger partial charge on any atom is 0.422 e. The molecule has 0 aliphatic carbocycles. The Balaban J connectivity index is 1.57. The molecule has 1 unspecified atom stereocenters. The molecule has 1 fully saturated rings. The standard InChI is InChI=1S/C28H30F3N3O5S/c1-4-40-27-32-23(14-26(36)34(27)20-7-10-21(11-8-20)39-17-28(29,30)31)18-6-12-25(35)33(15-18)16-19-5-9-22(37-2)13-24(19)38-3/h5,7-11,13-14,18H,4,6,12,15-17H2,1-3H3. The van der Waals surface area contributed by atoms with Crippen LogP contribution in [0.5, 0.6) is 17.2 Å². The van der Waals surface area contributed by atoms with Crippen LogP contribution in [0.1, 0.15) is 36.9 Å². The molecule has 8 nitrogen and oxygen atoms in total. The lowest BCUT2D eigenvalue weighted by atomic mass is 9.93. The number of thioether (sulfide) groups is 1. The third kappa shape index (κ3) is 7.09. The van der Waals surface area contributed by atoms with Crippen molar-refractivity contribution < 1.29 is 32.2 Å². The first kappa shape index (κ1) is 29.3. The largest absolute Gasteiger partial charge is 0.497 e. The lowest BCUT2D eigenvalue weighted by Crippen LogP contribution is -2.39. The van der Waals surface area contributed by atoms with Crippen molar-refractivity contribution in [3.8, 4) is 22.9 Å². The Labute approximate surface area is 234 Å². The Morgan fingerprint density at radius 2 is 1.75 bits per heavy atom. The molecule has 3 aromatic rings. The number of benzene rings is 2. The molecule has 4 rings (SSSR count). The summed E-state index contributed by atoms with van der Waals surface area (Å²) in [6.45, 7) is 1.28. The van der Waals surface area contributed by atoms with Gasteiger partial charge in [0.15, 0.2) is 11.8 Å². The number of piperidine rings is 1. The molecule has 12 heteroatoms. The molecular weight excluding hydrogens is 547 g/mol. The van der Waals surface area contributed by atoms with E-state index in [2.05, 4.69) is 0 Å². The summed E-state index contributed by atoms with van der Waals surface area (Å²) in [6, 6.07) is 12.7. The highest BCUT2D eigenvalue weighted by Gasteiger charge is 2.30. The van der Waals surface area contributed by atoms with Crippen LogP contribution >= 0.6 is 11.8 Å². The van der Waals surface area contributed by atoms with Gasteiger partial charge in [-0.2, -0.15) is 13.2 Å². The molecule has 2 aromatic carbocycles. The number of rotatable bonds is 10. The Bertz CT molecular complexity index is 1400. The fourth-order valence-electron chi connectivity index (χ4n) is 4.50. The van der Waals surface area contributed by atoms with E-state index >= 15 is 0 Å². The summed E-state index contributed by atoms with van der Waals surface area (Å²) in [6.07, 6.45) is -3.56. The van der Waals surface area contributed by atoms with Crippen molar-refractivity contribution in [1.29, 1.82) is 0 Å². The maximum absolute atomic E-state index is 13.3. The van der Waals surface area contributed by atoms with Gasteiger partial charge < -0.3 is 19.1 Å². The predicted molar refractivity (Wildman–Crippen MR) is 145 cm³/mol. The summed E-state index contributed by atoms with van der Waals surface area (Å²) in [5.41, 5.74) is 1.59. The number of methoxy groups -OCH3 is 2. The second kappa shape index (κ2) is 12.7. The van der Waals surface area contributed by atoms with Crippen LogP contribution in [0.2, 0.25) is 0 Å². The van der Waals surface area contributed by atoms with E-state index in [1.165, 1.54) is 46.7 Å². The minimum atomic E-state index is -4.44. The number of amides is 1. The van der Waals surface area contributed by atoms with Crippen LogP contribution in [-0.4, -0.2) is 59.7 Å². The van der Waals surface area contributed by atoms with Crippen molar-refractivity contribution in [1.82, 2.24) is 14.5 Å². The normalized spacial score (nSPS) is 15.7. The van der Waals surface area contributed by atoms with Gasteiger partial charge in [-0.1, -0.05) is 18.7 Å². The Morgan fingerprint density at radius 1 is 1.02 bits per heavy atom. The van der Waals surface area contributed by atoms with Crippen LogP contribution in [0.25, 0.3) is 5.69 Å². The third-order valence-corrected chi connectivity index (χ3v) is 7.27. The van der Waals surface area contributed by atoms with Gasteiger partial charge in [0.05, 0.1) is 25.6 Å². The third-order valence-electron chi connectivity index (χ3n) is 6.45. The highest BCUT2D eigenvalue weighted by atomic mass is 32.2. The number of likely N-dealkylation sites (tertiary alicyclic amines) is 1. The van der Waals surface area contributed by atoms with E-state index in [1.807, 2.05) is 19.1 Å². The van der Waals surface area contributed by atoms with Crippen molar-refractivity contribution in [2.24, 2.45) is 0 Å². The molecule has 0 N–H and O–H groups in total. The minimum Gasteiger partial charge on any atom is -0.497 e. The SMILES string of the molecule is CCSc1nc(C2CCC(=O)N(Cc3ccc(OC)cc3OC)C2)cc(=O)n1-c1ccc(OCC(F)(F)F)cc1. The molecule has 1 aromatic heterocycles. The Morgan fingerprint density at radius 3 is 2.40 bits per heavy atom. The molecule has 2 heterocycles. The molecule has 1 amide bonds. The number of carbonyl (C=O) groups is 1. The van der Waals surface area contributed by atoms with Crippen LogP contribution in [0, 0.1) is 0 Å². The van der Waals surface area contributed by atoms with E-state index in [4.69, 9.17) is 19.2 Å². The van der Waals surface area contributed by atoms with Crippen molar-refractivity contribution in [3.63, 3.8) is 0 Å². The number of alkyl halides is 3. The number of aromatic nitrogens is 2. The van der Waals surface area contributed by atoms with E-state index < -0.39 is 12.8 Å². The molecular formula is C28H30F3N3O5S. The summed E-state index contributed by atoms with van der Waals surface area (Å²) in [5.74, 6) is 1.83. The van der Waals surface area contributed by atoms with Gasteiger partial charge >= 0.3 is 6.18 Å². The number of ether oxygens (including phenoxy) is 3. The van der Waals surface area contributed by atoms with Crippen LogP contribution in [0.4, 0.5) is 13.2 Å². The Hall–Kier alpha value is -3.67. The molecule has 0 spiro atoms. The van der Waals surface area contributed by atoms with Crippen LogP contribution in [0.15, 0.2) is 58.5 Å². The van der Waals surface area contributed by atoms with Gasteiger partial charge in [-0.05, 0) is 48.6 Å². The second-order valence-electron chi connectivity index (χ2n) is 9.16. The van der Waals surface area contributed by atoms with E-state index in [-0.39, 0.29) is 23.1 Å². The van der Waals surface area contributed by atoms with Gasteiger partial charge in [0.25, 0.3) is 5.56 Å². The van der Waals surface area contributed by atoms with Crippen LogP contribution in [0.3, 0.4) is 0 Å². The van der Waals surface area contributed by atoms with Gasteiger partial charge in [-0.3, -0.25) is 14.2 Å². The summed E-state index contributed by atoms with van der Waals surface area (Å²) >= 11 is 1.38. The highest BCUT2D eigenvalue weighted by molar-refractivity contribution is 7.99. The van der Waals surface area contributed by atoms with E-state index in [9.17, 15) is 22.8 Å². The first-order valence-corrected chi connectivity index (χ1v) is 13.7. The number of carbonyl (C=O) groups excluding carboxylic acids is 1. The van der Waals surface area contributed by atoms with Crippen molar-refractivity contribution in [2.75, 3.05) is 33.1 Å². The van der Waals surface area contributed by atoms with E-state index in [0.717, 1.165) is 5.56 Å². The van der Waals surface area contributed by atoms with Gasteiger partial charge in [0.1, 0.15) is 17.2 Å². The fraction of sp³-hybridized carbons (Fsp3) is 0.393. The number of hydrogen-bond donors (Lipinski definition) is 0. The van der Waals surface area contributed by atoms with Gasteiger partial charge in [-0.15, -0.1) is 0 Å². The first-order chi connectivity index (χ1) is 19.1. The fourth-order valence-corrected chi connectivity index (χ4v) is 5.26. The van der Waals surface area contributed by atoms with Crippen LogP contribution < -0.4 is 19.8 Å². The summed E-state index contributed by atoms with van der Waals surface area (Å²) < 4.78 is 54.4. The van der Waals surface area contributed by atoms with Gasteiger partial charge in [0, 0.05) is 43.1 Å². The lowest BCUT2D eigenvalue weighted by molar-refractivity contribution is -0.153. The zero-order valence-corrected chi connectivity index (χ0v) is 23.2. The average Bonchev–Trinajstić information content (AvgIpc) is 2.93. The molecule has 1 saturated heterocycles. The predicted octanol–water partition coefficient (Wildman–Crippen LogP) is 5.21. The molecule has 0 bridgehead atoms. The van der Waals surface area contributed by atoms with Gasteiger partial charge in [-0.25, -0.2) is 4.98 Å². The van der Waals surface area contributed by atoms with Crippen molar-refractivity contribution >= 4 is 17.7 Å². The highest BCUT2D eigenvalue weighted by Crippen LogP contribution is 2.32. The van der Waals surface area contributed by atoms with E-state index in [0.29, 0.717) is 59.7 Å². The van der Waals surface area contributed by atoms with Crippen molar-refractivity contribution in [3.05, 3.63) is 70.1 Å². The lowest BCUT2D eigenvalue weighted by Gasteiger charge is -2.33. The Kier molecular flexibility index (Phi) is 9.28.